The first-order valence-electron chi connectivity index (χ1n) is 5.53. The number of hydrogen-bond donors (Lipinski definition) is 3. The van der Waals surface area contributed by atoms with Crippen LogP contribution in [-0.4, -0.2) is 32.4 Å². The maximum atomic E-state index is 11.9. The van der Waals surface area contributed by atoms with Gasteiger partial charge in [0.05, 0.1) is 4.88 Å². The van der Waals surface area contributed by atoms with Crippen LogP contribution >= 0.6 is 23.6 Å². The van der Waals surface area contributed by atoms with Crippen molar-refractivity contribution >= 4 is 44.5 Å². The van der Waals surface area contributed by atoms with Crippen LogP contribution in [0.5, 0.6) is 0 Å². The van der Waals surface area contributed by atoms with E-state index in [0.717, 1.165) is 11.3 Å². The first-order chi connectivity index (χ1) is 8.86. The maximum Gasteiger partial charge on any atom is 0.250 e. The second-order valence-corrected chi connectivity index (χ2v) is 7.10. The molecule has 1 amide bonds. The maximum absolute atomic E-state index is 11.9. The van der Waals surface area contributed by atoms with Crippen molar-refractivity contribution in [3.63, 3.8) is 0 Å². The first-order valence-corrected chi connectivity index (χ1v) is 8.23. The van der Waals surface area contributed by atoms with Crippen molar-refractivity contribution in [3.05, 3.63) is 17.0 Å². The van der Waals surface area contributed by atoms with Crippen molar-refractivity contribution in [1.82, 2.24) is 10.0 Å². The van der Waals surface area contributed by atoms with Gasteiger partial charge >= 0.3 is 0 Å². The lowest BCUT2D eigenvalue weighted by molar-refractivity contribution is -0.120. The third kappa shape index (κ3) is 4.86. The summed E-state index contributed by atoms with van der Waals surface area (Å²) in [5.74, 6) is -0.194. The summed E-state index contributed by atoms with van der Waals surface area (Å²) < 4.78 is 26.3. The van der Waals surface area contributed by atoms with Gasteiger partial charge in [-0.2, -0.15) is 0 Å². The molecule has 0 aliphatic heterocycles. The Bertz CT molecular complexity index is 566. The predicted octanol–water partition coefficient (Wildman–Crippen LogP) is 0.187. The van der Waals surface area contributed by atoms with Crippen LogP contribution in [0.25, 0.3) is 0 Å². The van der Waals surface area contributed by atoms with Crippen molar-refractivity contribution < 1.29 is 13.2 Å². The number of thiocarbonyl (C=S) groups is 1. The molecule has 0 fully saturated rings. The summed E-state index contributed by atoms with van der Waals surface area (Å²) in [6, 6.07) is 3.00. The van der Waals surface area contributed by atoms with Crippen molar-refractivity contribution in [3.8, 4) is 0 Å². The minimum atomic E-state index is -3.61. The van der Waals surface area contributed by atoms with Crippen LogP contribution in [0, 0.1) is 0 Å². The van der Waals surface area contributed by atoms with Gasteiger partial charge in [-0.1, -0.05) is 12.2 Å². The summed E-state index contributed by atoms with van der Waals surface area (Å²) in [5, 5.41) is 2.59. The molecule has 0 spiro atoms. The molecule has 1 rings (SSSR count). The molecule has 0 aliphatic rings. The third-order valence-corrected chi connectivity index (χ3v) is 5.53. The Morgan fingerprint density at radius 3 is 2.68 bits per heavy atom. The number of hydrogen-bond acceptors (Lipinski definition) is 5. The summed E-state index contributed by atoms with van der Waals surface area (Å²) in [4.78, 5) is 11.9. The van der Waals surface area contributed by atoms with Crippen LogP contribution in [0.1, 0.15) is 18.2 Å². The molecule has 0 aliphatic carbocycles. The van der Waals surface area contributed by atoms with E-state index in [1.807, 2.05) is 0 Å². The first kappa shape index (κ1) is 16.0. The standard InChI is InChI=1S/C10H15N3O3S3/c1-2-12-8(14)5-6-13-19(15,16)9-4-3-7(18-9)10(11)17/h3-4,13H,2,5-6H2,1H3,(H2,11,17)(H,12,14). The van der Waals surface area contributed by atoms with Crippen LogP contribution in [0.4, 0.5) is 0 Å². The van der Waals surface area contributed by atoms with Crippen LogP contribution in [-0.2, 0) is 14.8 Å². The molecular formula is C10H15N3O3S3. The molecule has 4 N–H and O–H groups in total. The highest BCUT2D eigenvalue weighted by molar-refractivity contribution is 7.91. The Labute approximate surface area is 121 Å². The lowest BCUT2D eigenvalue weighted by atomic mass is 10.4. The summed E-state index contributed by atoms with van der Waals surface area (Å²) in [7, 11) is -3.61. The molecule has 6 nitrogen and oxygen atoms in total. The SMILES string of the molecule is CCNC(=O)CCNS(=O)(=O)c1ccc(C(N)=S)s1. The highest BCUT2D eigenvalue weighted by Crippen LogP contribution is 2.21. The van der Waals surface area contributed by atoms with E-state index in [2.05, 4.69) is 10.0 Å². The minimum Gasteiger partial charge on any atom is -0.389 e. The number of nitrogens with two attached hydrogens (primary N) is 1. The van der Waals surface area contributed by atoms with Gasteiger partial charge in [-0.3, -0.25) is 4.79 Å². The second-order valence-electron chi connectivity index (χ2n) is 3.58. The normalized spacial score (nSPS) is 11.2. The Morgan fingerprint density at radius 2 is 2.16 bits per heavy atom. The van der Waals surface area contributed by atoms with Crippen molar-refractivity contribution in [2.45, 2.75) is 17.6 Å². The molecule has 0 bridgehead atoms. The van der Waals surface area contributed by atoms with E-state index in [4.69, 9.17) is 18.0 Å². The number of rotatable bonds is 7. The molecule has 1 heterocycles. The van der Waals surface area contributed by atoms with Gasteiger partial charge in [0.15, 0.2) is 0 Å². The molecule has 0 atom stereocenters. The molecule has 0 saturated carbocycles. The number of carbonyl (C=O) groups is 1. The van der Waals surface area contributed by atoms with Crippen LogP contribution in [0.15, 0.2) is 16.3 Å². The van der Waals surface area contributed by atoms with Crippen LogP contribution < -0.4 is 15.8 Å². The van der Waals surface area contributed by atoms with Gasteiger partial charge < -0.3 is 11.1 Å². The lowest BCUT2D eigenvalue weighted by Gasteiger charge is -2.04. The number of amides is 1. The van der Waals surface area contributed by atoms with E-state index in [1.165, 1.54) is 6.07 Å². The van der Waals surface area contributed by atoms with E-state index in [0.29, 0.717) is 11.4 Å². The molecule has 106 valence electrons. The van der Waals surface area contributed by atoms with Gasteiger partial charge in [0.25, 0.3) is 0 Å². The molecule has 0 aromatic carbocycles. The van der Waals surface area contributed by atoms with E-state index in [1.54, 1.807) is 13.0 Å². The van der Waals surface area contributed by atoms with Gasteiger partial charge in [0, 0.05) is 19.5 Å². The lowest BCUT2D eigenvalue weighted by Crippen LogP contribution is -2.30. The largest absolute Gasteiger partial charge is 0.389 e. The van der Waals surface area contributed by atoms with E-state index in [9.17, 15) is 13.2 Å². The number of sulfonamides is 1. The van der Waals surface area contributed by atoms with Crippen LogP contribution in [0.2, 0.25) is 0 Å². The van der Waals surface area contributed by atoms with Gasteiger partial charge in [-0.25, -0.2) is 13.1 Å². The number of carbonyl (C=O) groups excluding carboxylic acids is 1. The average molecular weight is 321 g/mol. The highest BCUT2D eigenvalue weighted by Gasteiger charge is 2.17. The summed E-state index contributed by atoms with van der Waals surface area (Å²) >= 11 is 5.77. The zero-order valence-corrected chi connectivity index (χ0v) is 12.8. The zero-order valence-electron chi connectivity index (χ0n) is 10.3. The van der Waals surface area contributed by atoms with E-state index in [-0.39, 0.29) is 28.1 Å². The molecule has 1 aromatic rings. The number of nitrogens with one attached hydrogen (secondary N) is 2. The molecule has 1 aromatic heterocycles. The van der Waals surface area contributed by atoms with Gasteiger partial charge in [-0.05, 0) is 19.1 Å². The molecule has 0 saturated heterocycles. The molecule has 0 unspecified atom stereocenters. The highest BCUT2D eigenvalue weighted by atomic mass is 32.2. The fourth-order valence-electron chi connectivity index (χ4n) is 1.25. The fourth-order valence-corrected chi connectivity index (χ4v) is 3.68. The third-order valence-electron chi connectivity index (χ3n) is 2.11. The molecule has 0 radical (unpaired) electrons. The van der Waals surface area contributed by atoms with E-state index < -0.39 is 10.0 Å². The van der Waals surface area contributed by atoms with Gasteiger partial charge in [-0.15, -0.1) is 11.3 Å². The molecule has 9 heteroatoms. The summed E-state index contributed by atoms with van der Waals surface area (Å²) in [6.45, 7) is 2.37. The van der Waals surface area contributed by atoms with Crippen molar-refractivity contribution in [2.24, 2.45) is 5.73 Å². The monoisotopic (exact) mass is 321 g/mol. The molecule has 19 heavy (non-hydrogen) atoms. The average Bonchev–Trinajstić information content (AvgIpc) is 2.79. The van der Waals surface area contributed by atoms with Gasteiger partial charge in [0.1, 0.15) is 9.20 Å². The van der Waals surface area contributed by atoms with Crippen LogP contribution in [0.3, 0.4) is 0 Å². The Kier molecular flexibility index (Phi) is 5.85. The number of thiophene rings is 1. The topological polar surface area (TPSA) is 101 Å². The van der Waals surface area contributed by atoms with Crippen molar-refractivity contribution in [1.29, 1.82) is 0 Å². The second kappa shape index (κ2) is 6.94. The zero-order chi connectivity index (χ0) is 14.5. The predicted molar refractivity (Wildman–Crippen MR) is 78.7 cm³/mol. The van der Waals surface area contributed by atoms with E-state index >= 15 is 0 Å². The Hall–Kier alpha value is -1.03. The fraction of sp³-hybridized carbons (Fsp3) is 0.400. The minimum absolute atomic E-state index is 0.0501. The smallest absolute Gasteiger partial charge is 0.250 e. The van der Waals surface area contributed by atoms with Gasteiger partial charge in [0.2, 0.25) is 15.9 Å². The summed E-state index contributed by atoms with van der Waals surface area (Å²) in [5.41, 5.74) is 5.42. The quantitative estimate of drug-likeness (QED) is 0.622. The molecular weight excluding hydrogens is 306 g/mol. The Morgan fingerprint density at radius 1 is 1.47 bits per heavy atom. The Balaban J connectivity index is 2.60. The summed E-state index contributed by atoms with van der Waals surface area (Å²) in [6.07, 6.45) is 0.0978. The van der Waals surface area contributed by atoms with Crippen molar-refractivity contribution in [2.75, 3.05) is 13.1 Å².